The summed E-state index contributed by atoms with van der Waals surface area (Å²) in [6.45, 7) is 0.416. The lowest BCUT2D eigenvalue weighted by Gasteiger charge is -2.08. The van der Waals surface area contributed by atoms with E-state index in [1.54, 1.807) is 23.7 Å². The summed E-state index contributed by atoms with van der Waals surface area (Å²) in [5, 5.41) is 16.2. The van der Waals surface area contributed by atoms with Crippen LogP contribution in [-0.2, 0) is 6.54 Å². The van der Waals surface area contributed by atoms with Gasteiger partial charge in [-0.2, -0.15) is 5.10 Å². The molecular formula is C18H16N6OS. The highest BCUT2D eigenvalue weighted by Gasteiger charge is 2.05. The number of H-pyrrole nitrogens is 1. The van der Waals surface area contributed by atoms with Crippen molar-refractivity contribution in [3.8, 4) is 0 Å². The number of carbonyl (C=O) groups is 1. The van der Waals surface area contributed by atoms with Gasteiger partial charge in [0, 0.05) is 29.7 Å². The average Bonchev–Trinajstić information content (AvgIpc) is 3.30. The first kappa shape index (κ1) is 16.1. The molecule has 0 saturated heterocycles. The number of amides is 2. The Morgan fingerprint density at radius 3 is 2.65 bits per heavy atom. The van der Waals surface area contributed by atoms with Crippen molar-refractivity contribution >= 4 is 44.1 Å². The molecule has 0 spiro atoms. The maximum atomic E-state index is 11.9. The van der Waals surface area contributed by atoms with Gasteiger partial charge in [0.1, 0.15) is 0 Å². The van der Waals surface area contributed by atoms with Crippen LogP contribution in [-0.4, -0.2) is 21.2 Å². The fourth-order valence-electron chi connectivity index (χ4n) is 2.42. The fraction of sp³-hybridized carbons (Fsp3) is 0.0556. The van der Waals surface area contributed by atoms with Crippen LogP contribution in [0.4, 0.5) is 21.3 Å². The SMILES string of the molecule is O=C(NCc1cn[nH]c1)Nc1ccc(Nc2nc3ccccc3s2)cc1. The Morgan fingerprint density at radius 2 is 1.88 bits per heavy atom. The van der Waals surface area contributed by atoms with Gasteiger partial charge in [0.25, 0.3) is 0 Å². The molecular weight excluding hydrogens is 348 g/mol. The summed E-state index contributed by atoms with van der Waals surface area (Å²) >= 11 is 1.60. The number of urea groups is 1. The Kier molecular flexibility index (Phi) is 4.48. The van der Waals surface area contributed by atoms with Gasteiger partial charge in [-0.05, 0) is 36.4 Å². The smallest absolute Gasteiger partial charge is 0.319 e. The molecule has 0 bridgehead atoms. The van der Waals surface area contributed by atoms with Crippen LogP contribution in [0, 0.1) is 0 Å². The van der Waals surface area contributed by atoms with E-state index in [-0.39, 0.29) is 6.03 Å². The van der Waals surface area contributed by atoms with Crippen molar-refractivity contribution in [2.75, 3.05) is 10.6 Å². The summed E-state index contributed by atoms with van der Waals surface area (Å²) < 4.78 is 1.14. The van der Waals surface area contributed by atoms with E-state index in [1.165, 1.54) is 0 Å². The lowest BCUT2D eigenvalue weighted by Crippen LogP contribution is -2.27. The first-order valence-electron chi connectivity index (χ1n) is 8.01. The summed E-state index contributed by atoms with van der Waals surface area (Å²) in [4.78, 5) is 16.5. The molecule has 130 valence electrons. The van der Waals surface area contributed by atoms with E-state index in [0.29, 0.717) is 12.2 Å². The standard InChI is InChI=1S/C18H16N6OS/c25-17(19-9-12-10-20-21-11-12)22-13-5-7-14(8-6-13)23-18-24-15-3-1-2-4-16(15)26-18/h1-8,10-11H,9H2,(H,20,21)(H,23,24)(H2,19,22,25). The number of hydrogen-bond acceptors (Lipinski definition) is 5. The predicted octanol–water partition coefficient (Wildman–Crippen LogP) is 4.08. The van der Waals surface area contributed by atoms with Crippen LogP contribution >= 0.6 is 11.3 Å². The molecule has 0 aliphatic carbocycles. The number of thiazole rings is 1. The van der Waals surface area contributed by atoms with E-state index in [1.807, 2.05) is 48.5 Å². The van der Waals surface area contributed by atoms with E-state index in [9.17, 15) is 4.79 Å². The number of nitrogens with one attached hydrogen (secondary N) is 4. The molecule has 0 atom stereocenters. The topological polar surface area (TPSA) is 94.7 Å². The quantitative estimate of drug-likeness (QED) is 0.429. The molecule has 4 aromatic rings. The second-order valence-corrected chi connectivity index (χ2v) is 6.63. The Morgan fingerprint density at radius 1 is 1.08 bits per heavy atom. The molecule has 4 N–H and O–H groups in total. The minimum atomic E-state index is -0.266. The van der Waals surface area contributed by atoms with Crippen molar-refractivity contribution in [3.63, 3.8) is 0 Å². The minimum absolute atomic E-state index is 0.266. The van der Waals surface area contributed by atoms with Gasteiger partial charge in [0.15, 0.2) is 5.13 Å². The van der Waals surface area contributed by atoms with Crippen LogP contribution in [0.25, 0.3) is 10.2 Å². The highest BCUT2D eigenvalue weighted by Crippen LogP contribution is 2.28. The summed E-state index contributed by atoms with van der Waals surface area (Å²) in [5.74, 6) is 0. The zero-order chi connectivity index (χ0) is 17.8. The van der Waals surface area contributed by atoms with Crippen molar-refractivity contribution in [3.05, 3.63) is 66.5 Å². The van der Waals surface area contributed by atoms with Gasteiger partial charge in [-0.1, -0.05) is 23.5 Å². The third kappa shape index (κ3) is 3.81. The number of carbonyl (C=O) groups excluding carboxylic acids is 1. The molecule has 0 aliphatic rings. The van der Waals surface area contributed by atoms with E-state index in [4.69, 9.17) is 0 Å². The van der Waals surface area contributed by atoms with Gasteiger partial charge < -0.3 is 16.0 Å². The predicted molar refractivity (Wildman–Crippen MR) is 104 cm³/mol. The molecule has 8 heteroatoms. The van der Waals surface area contributed by atoms with Crippen molar-refractivity contribution in [1.82, 2.24) is 20.5 Å². The second-order valence-electron chi connectivity index (χ2n) is 5.60. The maximum Gasteiger partial charge on any atom is 0.319 e. The Bertz CT molecular complexity index is 977. The highest BCUT2D eigenvalue weighted by atomic mass is 32.1. The minimum Gasteiger partial charge on any atom is -0.334 e. The lowest BCUT2D eigenvalue weighted by molar-refractivity contribution is 0.251. The maximum absolute atomic E-state index is 11.9. The molecule has 4 rings (SSSR count). The number of para-hydroxylation sites is 1. The van der Waals surface area contributed by atoms with E-state index in [0.717, 1.165) is 26.6 Å². The van der Waals surface area contributed by atoms with Crippen LogP contribution < -0.4 is 16.0 Å². The van der Waals surface area contributed by atoms with E-state index in [2.05, 4.69) is 31.1 Å². The second kappa shape index (κ2) is 7.24. The number of rotatable bonds is 5. The summed E-state index contributed by atoms with van der Waals surface area (Å²) in [5.41, 5.74) is 3.51. The molecule has 0 saturated carbocycles. The largest absolute Gasteiger partial charge is 0.334 e. The Labute approximate surface area is 153 Å². The van der Waals surface area contributed by atoms with Gasteiger partial charge in [-0.3, -0.25) is 5.10 Å². The average molecular weight is 364 g/mol. The van der Waals surface area contributed by atoms with Crippen molar-refractivity contribution < 1.29 is 4.79 Å². The molecule has 2 heterocycles. The number of nitrogens with zero attached hydrogens (tertiary/aromatic N) is 2. The fourth-order valence-corrected chi connectivity index (χ4v) is 3.30. The normalized spacial score (nSPS) is 10.6. The van der Waals surface area contributed by atoms with Crippen LogP contribution in [0.5, 0.6) is 0 Å². The zero-order valence-electron chi connectivity index (χ0n) is 13.7. The molecule has 2 aromatic heterocycles. The third-order valence-electron chi connectivity index (χ3n) is 3.70. The van der Waals surface area contributed by atoms with Gasteiger partial charge >= 0.3 is 6.03 Å². The summed E-state index contributed by atoms with van der Waals surface area (Å²) in [7, 11) is 0. The molecule has 26 heavy (non-hydrogen) atoms. The lowest BCUT2D eigenvalue weighted by atomic mass is 10.3. The molecule has 2 aromatic carbocycles. The molecule has 0 radical (unpaired) electrons. The molecule has 0 fully saturated rings. The first-order valence-corrected chi connectivity index (χ1v) is 8.83. The Hall–Kier alpha value is -3.39. The number of benzene rings is 2. The molecule has 0 unspecified atom stereocenters. The van der Waals surface area contributed by atoms with Crippen molar-refractivity contribution in [1.29, 1.82) is 0 Å². The van der Waals surface area contributed by atoms with Crippen molar-refractivity contribution in [2.24, 2.45) is 0 Å². The zero-order valence-corrected chi connectivity index (χ0v) is 14.5. The van der Waals surface area contributed by atoms with Crippen LogP contribution in [0.3, 0.4) is 0 Å². The number of aromatic nitrogens is 3. The highest BCUT2D eigenvalue weighted by molar-refractivity contribution is 7.22. The number of anilines is 3. The van der Waals surface area contributed by atoms with E-state index >= 15 is 0 Å². The summed E-state index contributed by atoms with van der Waals surface area (Å²) in [6.07, 6.45) is 3.41. The molecule has 2 amide bonds. The Balaban J connectivity index is 1.34. The molecule has 7 nitrogen and oxygen atoms in total. The number of hydrogen-bond donors (Lipinski definition) is 4. The number of fused-ring (bicyclic) bond motifs is 1. The van der Waals surface area contributed by atoms with Crippen LogP contribution in [0.1, 0.15) is 5.56 Å². The first-order chi connectivity index (χ1) is 12.8. The van der Waals surface area contributed by atoms with Crippen LogP contribution in [0.2, 0.25) is 0 Å². The van der Waals surface area contributed by atoms with Crippen molar-refractivity contribution in [2.45, 2.75) is 6.54 Å². The third-order valence-corrected chi connectivity index (χ3v) is 4.65. The van der Waals surface area contributed by atoms with Crippen LogP contribution in [0.15, 0.2) is 60.9 Å². The van der Waals surface area contributed by atoms with Gasteiger partial charge in [0.2, 0.25) is 0 Å². The molecule has 0 aliphatic heterocycles. The number of aromatic amines is 1. The summed E-state index contributed by atoms with van der Waals surface area (Å²) in [6, 6.07) is 15.2. The van der Waals surface area contributed by atoms with Gasteiger partial charge in [0.05, 0.1) is 16.4 Å². The van der Waals surface area contributed by atoms with Gasteiger partial charge in [-0.15, -0.1) is 0 Å². The van der Waals surface area contributed by atoms with Gasteiger partial charge in [-0.25, -0.2) is 9.78 Å². The monoisotopic (exact) mass is 364 g/mol. The van der Waals surface area contributed by atoms with E-state index < -0.39 is 0 Å².